The lowest BCUT2D eigenvalue weighted by Gasteiger charge is -2.34. The first-order chi connectivity index (χ1) is 9.03. The van der Waals surface area contributed by atoms with Gasteiger partial charge in [0.25, 0.3) is 0 Å². The van der Waals surface area contributed by atoms with Crippen molar-refractivity contribution in [1.29, 1.82) is 0 Å². The van der Waals surface area contributed by atoms with Crippen molar-refractivity contribution in [3.05, 3.63) is 12.4 Å². The minimum atomic E-state index is -3.02. The first-order valence-corrected chi connectivity index (χ1v) is 9.21. The van der Waals surface area contributed by atoms with Crippen LogP contribution in [-0.4, -0.2) is 58.8 Å². The van der Waals surface area contributed by atoms with Crippen molar-refractivity contribution in [3.63, 3.8) is 0 Å². The highest BCUT2D eigenvalue weighted by molar-refractivity contribution is 8.01. The molecule has 1 unspecified atom stereocenters. The van der Waals surface area contributed by atoms with Crippen LogP contribution < -0.4 is 5.73 Å². The van der Waals surface area contributed by atoms with Crippen molar-refractivity contribution >= 4 is 27.3 Å². The molecule has 0 saturated carbocycles. The van der Waals surface area contributed by atoms with Crippen LogP contribution in [0.25, 0.3) is 0 Å². The molecule has 1 atom stereocenters. The number of nitrogens with zero attached hydrogens (tertiary/aromatic N) is 3. The average molecular weight is 304 g/mol. The van der Waals surface area contributed by atoms with Gasteiger partial charge in [0.2, 0.25) is 0 Å². The van der Waals surface area contributed by atoms with E-state index < -0.39 is 9.84 Å². The zero-order valence-electron chi connectivity index (χ0n) is 11.0. The number of aromatic nitrogens is 2. The lowest BCUT2D eigenvalue weighted by Crippen LogP contribution is -2.48. The van der Waals surface area contributed by atoms with Crippen molar-refractivity contribution in [2.24, 2.45) is 0 Å². The molecular weight excluding hydrogens is 284 g/mol. The Morgan fingerprint density at radius 2 is 2.32 bits per heavy atom. The van der Waals surface area contributed by atoms with E-state index in [0.29, 0.717) is 24.5 Å². The third-order valence-corrected chi connectivity index (χ3v) is 6.61. The van der Waals surface area contributed by atoms with Crippen LogP contribution in [0.5, 0.6) is 0 Å². The van der Waals surface area contributed by atoms with E-state index in [9.17, 15) is 8.42 Å². The van der Waals surface area contributed by atoms with Gasteiger partial charge in [-0.05, 0) is 0 Å². The molecule has 108 valence electrons. The molecule has 1 aliphatic rings. The van der Waals surface area contributed by atoms with E-state index in [1.54, 1.807) is 35.8 Å². The van der Waals surface area contributed by atoms with E-state index in [4.69, 9.17) is 5.73 Å². The Morgan fingerprint density at radius 3 is 2.95 bits per heavy atom. The molecule has 2 heterocycles. The molecule has 2 N–H and O–H groups in total. The fourth-order valence-corrected chi connectivity index (χ4v) is 5.24. The highest BCUT2D eigenvalue weighted by Crippen LogP contribution is 2.21. The van der Waals surface area contributed by atoms with E-state index >= 15 is 0 Å². The van der Waals surface area contributed by atoms with Crippen LogP contribution in [0.1, 0.15) is 6.92 Å². The molecule has 6 nitrogen and oxygen atoms in total. The highest BCUT2D eigenvalue weighted by Gasteiger charge is 2.32. The van der Waals surface area contributed by atoms with E-state index in [2.05, 4.69) is 5.10 Å². The van der Waals surface area contributed by atoms with Crippen LogP contribution >= 0.6 is 11.8 Å². The SMILES string of the molecule is CCS(=O)(=O)C1CSCCN1CCn1cc(N)cn1. The average Bonchev–Trinajstić information content (AvgIpc) is 2.82. The predicted octanol–water partition coefficient (Wildman–Crippen LogP) is 0.275. The number of hydrogen-bond acceptors (Lipinski definition) is 6. The molecule has 2 rings (SSSR count). The monoisotopic (exact) mass is 304 g/mol. The van der Waals surface area contributed by atoms with Gasteiger partial charge in [-0.1, -0.05) is 6.92 Å². The summed E-state index contributed by atoms with van der Waals surface area (Å²) in [6.45, 7) is 3.87. The second-order valence-corrected chi connectivity index (χ2v) is 8.15. The van der Waals surface area contributed by atoms with Crippen molar-refractivity contribution in [3.8, 4) is 0 Å². The second-order valence-electron chi connectivity index (χ2n) is 4.55. The zero-order valence-corrected chi connectivity index (χ0v) is 12.7. The minimum Gasteiger partial charge on any atom is -0.396 e. The molecule has 1 aromatic rings. The fourth-order valence-electron chi connectivity index (χ4n) is 2.13. The smallest absolute Gasteiger partial charge is 0.166 e. The van der Waals surface area contributed by atoms with Gasteiger partial charge in [-0.3, -0.25) is 9.58 Å². The number of anilines is 1. The lowest BCUT2D eigenvalue weighted by molar-refractivity contribution is 0.255. The van der Waals surface area contributed by atoms with Crippen LogP contribution in [-0.2, 0) is 16.4 Å². The van der Waals surface area contributed by atoms with E-state index in [0.717, 1.165) is 12.3 Å². The molecule has 1 saturated heterocycles. The van der Waals surface area contributed by atoms with Gasteiger partial charge in [0.05, 0.1) is 18.4 Å². The van der Waals surface area contributed by atoms with Crippen molar-refractivity contribution in [2.75, 3.05) is 36.1 Å². The third-order valence-electron chi connectivity index (χ3n) is 3.28. The summed E-state index contributed by atoms with van der Waals surface area (Å²) in [5.74, 6) is 1.85. The van der Waals surface area contributed by atoms with Crippen LogP contribution in [0.3, 0.4) is 0 Å². The zero-order chi connectivity index (χ0) is 13.9. The molecule has 0 aliphatic carbocycles. The number of hydrogen-bond donors (Lipinski definition) is 1. The quantitative estimate of drug-likeness (QED) is 0.841. The lowest BCUT2D eigenvalue weighted by atomic mass is 10.4. The van der Waals surface area contributed by atoms with E-state index in [1.807, 2.05) is 4.90 Å². The summed E-state index contributed by atoms with van der Waals surface area (Å²) in [5.41, 5.74) is 6.24. The maximum absolute atomic E-state index is 12.1. The maximum Gasteiger partial charge on any atom is 0.166 e. The molecule has 0 bridgehead atoms. The van der Waals surface area contributed by atoms with Gasteiger partial charge < -0.3 is 5.73 Å². The molecular formula is C11H20N4O2S2. The summed E-state index contributed by atoms with van der Waals surface area (Å²) < 4.78 is 25.9. The van der Waals surface area contributed by atoms with E-state index in [1.165, 1.54) is 0 Å². The van der Waals surface area contributed by atoms with Gasteiger partial charge >= 0.3 is 0 Å². The number of nitrogens with two attached hydrogens (primary N) is 1. The van der Waals surface area contributed by atoms with Gasteiger partial charge in [-0.15, -0.1) is 0 Å². The van der Waals surface area contributed by atoms with Crippen molar-refractivity contribution < 1.29 is 8.42 Å². The molecule has 8 heteroatoms. The van der Waals surface area contributed by atoms with Crippen molar-refractivity contribution in [2.45, 2.75) is 18.8 Å². The fraction of sp³-hybridized carbons (Fsp3) is 0.727. The Balaban J connectivity index is 2.00. The Labute approximate surface area is 118 Å². The first-order valence-electron chi connectivity index (χ1n) is 6.34. The van der Waals surface area contributed by atoms with Gasteiger partial charge in [0, 0.05) is 36.5 Å². The van der Waals surface area contributed by atoms with Gasteiger partial charge in [-0.2, -0.15) is 16.9 Å². The highest BCUT2D eigenvalue weighted by atomic mass is 32.2. The molecule has 0 amide bonds. The Bertz CT molecular complexity index is 515. The predicted molar refractivity (Wildman–Crippen MR) is 78.8 cm³/mol. The topological polar surface area (TPSA) is 81.2 Å². The Kier molecular flexibility index (Phi) is 4.75. The van der Waals surface area contributed by atoms with Crippen LogP contribution in [0, 0.1) is 0 Å². The summed E-state index contributed by atoms with van der Waals surface area (Å²) in [5, 5.41) is 3.76. The summed E-state index contributed by atoms with van der Waals surface area (Å²) in [6, 6.07) is 0. The molecule has 1 aromatic heterocycles. The largest absolute Gasteiger partial charge is 0.396 e. The van der Waals surface area contributed by atoms with E-state index in [-0.39, 0.29) is 11.1 Å². The van der Waals surface area contributed by atoms with Gasteiger partial charge in [0.1, 0.15) is 5.37 Å². The Morgan fingerprint density at radius 1 is 1.53 bits per heavy atom. The molecule has 0 spiro atoms. The molecule has 19 heavy (non-hydrogen) atoms. The molecule has 0 aromatic carbocycles. The molecule has 0 radical (unpaired) electrons. The summed E-state index contributed by atoms with van der Waals surface area (Å²) in [6.07, 6.45) is 3.37. The first kappa shape index (κ1) is 14.7. The number of sulfone groups is 1. The normalized spacial score (nSPS) is 21.6. The van der Waals surface area contributed by atoms with Gasteiger partial charge in [-0.25, -0.2) is 8.42 Å². The second kappa shape index (κ2) is 6.15. The minimum absolute atomic E-state index is 0.198. The summed E-state index contributed by atoms with van der Waals surface area (Å²) >= 11 is 1.71. The third kappa shape index (κ3) is 3.64. The number of thioether (sulfide) groups is 1. The Hall–Kier alpha value is -0.730. The van der Waals surface area contributed by atoms with Crippen molar-refractivity contribution in [1.82, 2.24) is 14.7 Å². The number of nitrogen functional groups attached to an aromatic ring is 1. The van der Waals surface area contributed by atoms with Gasteiger partial charge in [0.15, 0.2) is 9.84 Å². The summed E-state index contributed by atoms with van der Waals surface area (Å²) in [4.78, 5) is 2.05. The number of rotatable bonds is 5. The standard InChI is InChI=1S/C11H20N4O2S2/c1-2-19(16,17)11-9-18-6-5-14(11)3-4-15-8-10(12)7-13-15/h7-8,11H,2-6,9,12H2,1H3. The summed E-state index contributed by atoms with van der Waals surface area (Å²) in [7, 11) is -3.02. The maximum atomic E-state index is 12.1. The molecule has 1 aliphatic heterocycles. The van der Waals surface area contributed by atoms with Crippen LogP contribution in [0.2, 0.25) is 0 Å². The van der Waals surface area contributed by atoms with Crippen LogP contribution in [0.4, 0.5) is 5.69 Å². The van der Waals surface area contributed by atoms with Crippen LogP contribution in [0.15, 0.2) is 12.4 Å². The molecule has 1 fully saturated rings.